The van der Waals surface area contributed by atoms with Crippen LogP contribution < -0.4 is 0 Å². The molecule has 3 rings (SSSR count). The second-order valence-corrected chi connectivity index (χ2v) is 4.63. The Morgan fingerprint density at radius 3 is 2.75 bits per heavy atom. The van der Waals surface area contributed by atoms with Crippen LogP contribution in [0.3, 0.4) is 0 Å². The maximum absolute atomic E-state index is 2.58. The van der Waals surface area contributed by atoms with Gasteiger partial charge in [0.25, 0.3) is 0 Å². The Bertz CT molecular complexity index is 466. The fourth-order valence-electron chi connectivity index (χ4n) is 2.61. The summed E-state index contributed by atoms with van der Waals surface area (Å²) in [5, 5.41) is 0. The van der Waals surface area contributed by atoms with Crippen LogP contribution in [0.5, 0.6) is 0 Å². The smallest absolute Gasteiger partial charge is 0.0482 e. The number of fused-ring (bicyclic) bond motifs is 1. The van der Waals surface area contributed by atoms with E-state index in [0.29, 0.717) is 0 Å². The summed E-state index contributed by atoms with van der Waals surface area (Å²) in [6.07, 6.45) is 8.23. The highest BCUT2D eigenvalue weighted by molar-refractivity contribution is 5.55. The second kappa shape index (κ2) is 4.30. The van der Waals surface area contributed by atoms with E-state index in [1.165, 1.54) is 50.0 Å². The van der Waals surface area contributed by atoms with Crippen molar-refractivity contribution in [1.29, 1.82) is 0 Å². The van der Waals surface area contributed by atoms with E-state index in [4.69, 9.17) is 0 Å². The Hall–Kier alpha value is -1.28. The predicted molar refractivity (Wildman–Crippen MR) is 66.8 cm³/mol. The minimum absolute atomic E-state index is 1.18. The van der Waals surface area contributed by atoms with Gasteiger partial charge in [-0.15, -0.1) is 0 Å². The molecule has 2 aromatic heterocycles. The van der Waals surface area contributed by atoms with Crippen molar-refractivity contribution in [2.45, 2.75) is 19.3 Å². The van der Waals surface area contributed by atoms with Crippen molar-refractivity contribution in [3.05, 3.63) is 42.2 Å². The number of rotatable bonds is 3. The number of hydrogen-bond donors (Lipinski definition) is 0. The summed E-state index contributed by atoms with van der Waals surface area (Å²) in [6, 6.07) is 8.66. The van der Waals surface area contributed by atoms with Crippen molar-refractivity contribution in [3.63, 3.8) is 0 Å². The van der Waals surface area contributed by atoms with Gasteiger partial charge in [0.2, 0.25) is 0 Å². The van der Waals surface area contributed by atoms with Crippen LogP contribution in [0.15, 0.2) is 36.7 Å². The van der Waals surface area contributed by atoms with Gasteiger partial charge in [0, 0.05) is 24.5 Å². The minimum Gasteiger partial charge on any atom is -0.324 e. The highest BCUT2D eigenvalue weighted by Gasteiger charge is 2.11. The molecule has 1 aliphatic heterocycles. The van der Waals surface area contributed by atoms with Crippen molar-refractivity contribution >= 4 is 5.52 Å². The van der Waals surface area contributed by atoms with Crippen molar-refractivity contribution in [2.24, 2.45) is 0 Å². The monoisotopic (exact) mass is 214 g/mol. The summed E-state index contributed by atoms with van der Waals surface area (Å²) in [5.74, 6) is 0. The highest BCUT2D eigenvalue weighted by Crippen LogP contribution is 2.15. The van der Waals surface area contributed by atoms with Crippen LogP contribution in [0.1, 0.15) is 18.4 Å². The van der Waals surface area contributed by atoms with E-state index >= 15 is 0 Å². The summed E-state index contributed by atoms with van der Waals surface area (Å²) < 4.78 is 2.21. The largest absolute Gasteiger partial charge is 0.324 e. The van der Waals surface area contributed by atoms with Crippen LogP contribution >= 0.6 is 0 Å². The molecular weight excluding hydrogens is 196 g/mol. The first-order chi connectivity index (χ1) is 7.93. The van der Waals surface area contributed by atoms with E-state index in [0.717, 1.165) is 0 Å². The first-order valence-corrected chi connectivity index (χ1v) is 6.20. The lowest BCUT2D eigenvalue weighted by Gasteiger charge is -2.13. The van der Waals surface area contributed by atoms with E-state index in [2.05, 4.69) is 46.0 Å². The van der Waals surface area contributed by atoms with Crippen LogP contribution in [0.25, 0.3) is 5.52 Å². The maximum Gasteiger partial charge on any atom is 0.0482 e. The van der Waals surface area contributed by atoms with E-state index in [1.807, 2.05) is 0 Å². The van der Waals surface area contributed by atoms with Gasteiger partial charge in [-0.3, -0.25) is 0 Å². The Morgan fingerprint density at radius 1 is 1.00 bits per heavy atom. The molecule has 0 N–H and O–H groups in total. The van der Waals surface area contributed by atoms with Gasteiger partial charge in [0.1, 0.15) is 0 Å². The van der Waals surface area contributed by atoms with Gasteiger partial charge < -0.3 is 9.30 Å². The second-order valence-electron chi connectivity index (χ2n) is 4.63. The van der Waals surface area contributed by atoms with Gasteiger partial charge >= 0.3 is 0 Å². The average molecular weight is 214 g/mol. The van der Waals surface area contributed by atoms with E-state index in [9.17, 15) is 0 Å². The summed E-state index contributed by atoms with van der Waals surface area (Å²) in [5.41, 5.74) is 2.84. The number of hydrogen-bond acceptors (Lipinski definition) is 1. The zero-order valence-electron chi connectivity index (χ0n) is 9.60. The zero-order valence-corrected chi connectivity index (χ0v) is 9.60. The lowest BCUT2D eigenvalue weighted by Crippen LogP contribution is -2.21. The molecule has 0 spiro atoms. The van der Waals surface area contributed by atoms with Gasteiger partial charge in [-0.2, -0.15) is 0 Å². The van der Waals surface area contributed by atoms with Gasteiger partial charge in [-0.25, -0.2) is 0 Å². The third-order valence-corrected chi connectivity index (χ3v) is 3.55. The van der Waals surface area contributed by atoms with E-state index in [-0.39, 0.29) is 0 Å². The summed E-state index contributed by atoms with van der Waals surface area (Å²) in [4.78, 5) is 2.58. The van der Waals surface area contributed by atoms with Crippen LogP contribution in [0.2, 0.25) is 0 Å². The lowest BCUT2D eigenvalue weighted by molar-refractivity contribution is 0.344. The van der Waals surface area contributed by atoms with Gasteiger partial charge in [-0.05, 0) is 56.1 Å². The standard InChI is InChI=1S/C14H18N2/c1-2-10-16-12-7-13(14(16)5-1)6-11-15-8-3-4-9-15/h1-2,5,7,10,12H,3-4,6,8-9,11H2. The molecule has 0 bridgehead atoms. The Balaban J connectivity index is 1.73. The first-order valence-electron chi connectivity index (χ1n) is 6.20. The predicted octanol–water partition coefficient (Wildman–Crippen LogP) is 2.58. The van der Waals surface area contributed by atoms with Gasteiger partial charge in [0.05, 0.1) is 0 Å². The van der Waals surface area contributed by atoms with Crippen LogP contribution in [0, 0.1) is 0 Å². The van der Waals surface area contributed by atoms with Crippen molar-refractivity contribution in [3.8, 4) is 0 Å². The molecule has 84 valence electrons. The molecular formula is C14H18N2. The number of pyridine rings is 1. The average Bonchev–Trinajstić information content (AvgIpc) is 2.96. The maximum atomic E-state index is 2.58. The third kappa shape index (κ3) is 1.85. The third-order valence-electron chi connectivity index (χ3n) is 3.55. The van der Waals surface area contributed by atoms with Crippen LogP contribution in [0.4, 0.5) is 0 Å². The molecule has 2 heteroatoms. The highest BCUT2D eigenvalue weighted by atomic mass is 15.1. The molecule has 3 heterocycles. The molecule has 0 unspecified atom stereocenters. The zero-order chi connectivity index (χ0) is 10.8. The fourth-order valence-corrected chi connectivity index (χ4v) is 2.61. The molecule has 0 radical (unpaired) electrons. The number of aromatic nitrogens is 1. The molecule has 0 saturated carbocycles. The molecule has 0 aliphatic carbocycles. The van der Waals surface area contributed by atoms with Crippen molar-refractivity contribution in [1.82, 2.24) is 9.30 Å². The topological polar surface area (TPSA) is 7.65 Å². The van der Waals surface area contributed by atoms with Gasteiger partial charge in [-0.1, -0.05) is 6.07 Å². The summed E-state index contributed by atoms with van der Waals surface area (Å²) in [6.45, 7) is 3.81. The molecule has 0 amide bonds. The van der Waals surface area contributed by atoms with Crippen LogP contribution in [-0.4, -0.2) is 28.9 Å². The summed E-state index contributed by atoms with van der Waals surface area (Å²) >= 11 is 0. The molecule has 2 nitrogen and oxygen atoms in total. The fraction of sp³-hybridized carbons (Fsp3) is 0.429. The van der Waals surface area contributed by atoms with Crippen molar-refractivity contribution < 1.29 is 0 Å². The molecule has 16 heavy (non-hydrogen) atoms. The SMILES string of the molecule is c1ccn2ccc(CCN3CCCC3)c2c1. The van der Waals surface area contributed by atoms with E-state index < -0.39 is 0 Å². The van der Waals surface area contributed by atoms with Crippen LogP contribution in [-0.2, 0) is 6.42 Å². The Kier molecular flexibility index (Phi) is 2.66. The van der Waals surface area contributed by atoms with Crippen molar-refractivity contribution in [2.75, 3.05) is 19.6 Å². The normalized spacial score (nSPS) is 17.2. The lowest BCUT2D eigenvalue weighted by atomic mass is 10.2. The first kappa shape index (κ1) is 9.91. The Labute approximate surface area is 96.5 Å². The molecule has 0 atom stereocenters. The van der Waals surface area contributed by atoms with E-state index in [1.54, 1.807) is 0 Å². The molecule has 2 aromatic rings. The van der Waals surface area contributed by atoms with Gasteiger partial charge in [0.15, 0.2) is 0 Å². The quantitative estimate of drug-likeness (QED) is 0.762. The molecule has 0 aromatic carbocycles. The number of likely N-dealkylation sites (tertiary alicyclic amines) is 1. The minimum atomic E-state index is 1.18. The molecule has 1 fully saturated rings. The number of nitrogens with zero attached hydrogens (tertiary/aromatic N) is 2. The Morgan fingerprint density at radius 2 is 1.88 bits per heavy atom. The summed E-state index contributed by atoms with van der Waals surface area (Å²) in [7, 11) is 0. The molecule has 1 saturated heterocycles. The molecule has 1 aliphatic rings.